The molecule has 0 N–H and O–H groups in total. The van der Waals surface area contributed by atoms with Gasteiger partial charge >= 0.3 is 5.97 Å². The standard InChI is InChI=1S/C22H26O3S/c1-4-15(3)16-6-8-17(9-7-16)19(23)13-25-22(24)21-12-18-11-14(2)5-10-20(18)26-21/h6-9,12,14-15H,4-5,10-11,13H2,1-3H3/t14-,15-/m0/s1. The number of ether oxygens (including phenoxy) is 1. The molecule has 0 bridgehead atoms. The van der Waals surface area contributed by atoms with E-state index in [-0.39, 0.29) is 18.4 Å². The Morgan fingerprint density at radius 1 is 1.27 bits per heavy atom. The molecule has 0 spiro atoms. The van der Waals surface area contributed by atoms with E-state index in [1.807, 2.05) is 30.3 Å². The highest BCUT2D eigenvalue weighted by molar-refractivity contribution is 7.14. The van der Waals surface area contributed by atoms with Gasteiger partial charge in [0.2, 0.25) is 0 Å². The average Bonchev–Trinajstić information content (AvgIpc) is 3.08. The molecule has 0 saturated carbocycles. The summed E-state index contributed by atoms with van der Waals surface area (Å²) in [5.41, 5.74) is 3.08. The van der Waals surface area contributed by atoms with Crippen molar-refractivity contribution in [2.45, 2.75) is 52.4 Å². The van der Waals surface area contributed by atoms with Crippen LogP contribution in [0.2, 0.25) is 0 Å². The van der Waals surface area contributed by atoms with E-state index in [9.17, 15) is 9.59 Å². The molecule has 0 saturated heterocycles. The molecule has 1 aliphatic rings. The smallest absolute Gasteiger partial charge is 0.348 e. The van der Waals surface area contributed by atoms with Crippen molar-refractivity contribution in [3.63, 3.8) is 0 Å². The first-order valence-electron chi connectivity index (χ1n) is 9.39. The fraction of sp³-hybridized carbons (Fsp3) is 0.455. The third kappa shape index (κ3) is 4.24. The number of rotatable bonds is 6. The van der Waals surface area contributed by atoms with Crippen LogP contribution < -0.4 is 0 Å². The van der Waals surface area contributed by atoms with Crippen LogP contribution in [0.4, 0.5) is 0 Å². The van der Waals surface area contributed by atoms with Gasteiger partial charge in [-0.3, -0.25) is 4.79 Å². The molecular weight excluding hydrogens is 344 g/mol. The van der Waals surface area contributed by atoms with E-state index < -0.39 is 0 Å². The van der Waals surface area contributed by atoms with Crippen molar-refractivity contribution in [2.75, 3.05) is 6.61 Å². The predicted octanol–water partition coefficient (Wildman–Crippen LogP) is 5.43. The number of aryl methyl sites for hydroxylation is 1. The van der Waals surface area contributed by atoms with E-state index >= 15 is 0 Å². The van der Waals surface area contributed by atoms with Gasteiger partial charge in [0.05, 0.1) is 0 Å². The molecule has 0 radical (unpaired) electrons. The molecule has 4 heteroatoms. The van der Waals surface area contributed by atoms with Gasteiger partial charge in [-0.2, -0.15) is 0 Å². The summed E-state index contributed by atoms with van der Waals surface area (Å²) in [6.07, 6.45) is 4.30. The van der Waals surface area contributed by atoms with Crippen LogP contribution in [0.15, 0.2) is 30.3 Å². The highest BCUT2D eigenvalue weighted by Gasteiger charge is 2.22. The van der Waals surface area contributed by atoms with Crippen LogP contribution in [-0.4, -0.2) is 18.4 Å². The zero-order chi connectivity index (χ0) is 18.7. The number of ketones is 1. The Balaban J connectivity index is 1.58. The molecule has 26 heavy (non-hydrogen) atoms. The lowest BCUT2D eigenvalue weighted by atomic mass is 9.90. The summed E-state index contributed by atoms with van der Waals surface area (Å²) in [7, 11) is 0. The van der Waals surface area contributed by atoms with Gasteiger partial charge in [-0.1, -0.05) is 45.0 Å². The summed E-state index contributed by atoms with van der Waals surface area (Å²) in [5, 5.41) is 0. The Kier molecular flexibility index (Phi) is 5.92. The van der Waals surface area contributed by atoms with Gasteiger partial charge in [-0.05, 0) is 54.7 Å². The molecule has 2 aromatic rings. The topological polar surface area (TPSA) is 43.4 Å². The minimum atomic E-state index is -0.387. The van der Waals surface area contributed by atoms with E-state index in [0.717, 1.165) is 19.3 Å². The number of benzene rings is 1. The summed E-state index contributed by atoms with van der Waals surface area (Å²) in [6, 6.07) is 9.56. The van der Waals surface area contributed by atoms with E-state index in [1.54, 1.807) is 0 Å². The predicted molar refractivity (Wildman–Crippen MR) is 105 cm³/mol. The normalized spacial score (nSPS) is 17.4. The molecule has 2 atom stereocenters. The average molecular weight is 371 g/mol. The molecule has 138 valence electrons. The molecule has 0 unspecified atom stereocenters. The Morgan fingerprint density at radius 2 is 2.00 bits per heavy atom. The fourth-order valence-electron chi connectivity index (χ4n) is 3.33. The molecule has 1 heterocycles. The molecule has 3 rings (SSSR count). The van der Waals surface area contributed by atoms with Crippen molar-refractivity contribution >= 4 is 23.1 Å². The number of Topliss-reactive ketones (excluding diaryl/α,β-unsaturated/α-hetero) is 1. The summed E-state index contributed by atoms with van der Waals surface area (Å²) >= 11 is 1.51. The first-order chi connectivity index (χ1) is 12.5. The highest BCUT2D eigenvalue weighted by atomic mass is 32.1. The monoisotopic (exact) mass is 370 g/mol. The largest absolute Gasteiger partial charge is 0.453 e. The minimum Gasteiger partial charge on any atom is -0.453 e. The maximum Gasteiger partial charge on any atom is 0.348 e. The second-order valence-electron chi connectivity index (χ2n) is 7.34. The fourth-order valence-corrected chi connectivity index (χ4v) is 4.43. The van der Waals surface area contributed by atoms with Crippen molar-refractivity contribution in [3.05, 3.63) is 56.8 Å². The molecule has 3 nitrogen and oxygen atoms in total. The summed E-state index contributed by atoms with van der Waals surface area (Å²) in [4.78, 5) is 26.5. The Bertz CT molecular complexity index is 788. The van der Waals surface area contributed by atoms with Gasteiger partial charge < -0.3 is 4.74 Å². The lowest BCUT2D eigenvalue weighted by Crippen LogP contribution is -2.13. The molecule has 0 amide bonds. The van der Waals surface area contributed by atoms with Gasteiger partial charge in [-0.25, -0.2) is 4.79 Å². The van der Waals surface area contributed by atoms with Gasteiger partial charge in [0.1, 0.15) is 4.88 Å². The first-order valence-corrected chi connectivity index (χ1v) is 10.2. The lowest BCUT2D eigenvalue weighted by Gasteiger charge is -2.16. The van der Waals surface area contributed by atoms with Gasteiger partial charge in [-0.15, -0.1) is 11.3 Å². The van der Waals surface area contributed by atoms with Crippen molar-refractivity contribution in [2.24, 2.45) is 5.92 Å². The summed E-state index contributed by atoms with van der Waals surface area (Å²) < 4.78 is 5.27. The van der Waals surface area contributed by atoms with Gasteiger partial charge in [0.25, 0.3) is 0 Å². The van der Waals surface area contributed by atoms with E-state index in [0.29, 0.717) is 22.3 Å². The zero-order valence-electron chi connectivity index (χ0n) is 15.7. The highest BCUT2D eigenvalue weighted by Crippen LogP contribution is 2.32. The van der Waals surface area contributed by atoms with Gasteiger partial charge in [0, 0.05) is 10.4 Å². The minimum absolute atomic E-state index is 0.163. The number of hydrogen-bond donors (Lipinski definition) is 0. The zero-order valence-corrected chi connectivity index (χ0v) is 16.5. The number of carbonyl (C=O) groups excluding carboxylic acids is 2. The van der Waals surface area contributed by atoms with Crippen LogP contribution in [0, 0.1) is 5.92 Å². The number of hydrogen-bond acceptors (Lipinski definition) is 4. The molecular formula is C22H26O3S. The number of fused-ring (bicyclic) bond motifs is 1. The second-order valence-corrected chi connectivity index (χ2v) is 8.47. The Hall–Kier alpha value is -1.94. The maximum atomic E-state index is 12.3. The lowest BCUT2D eigenvalue weighted by molar-refractivity contribution is 0.0479. The molecule has 0 fully saturated rings. The first kappa shape index (κ1) is 18.8. The Morgan fingerprint density at radius 3 is 2.69 bits per heavy atom. The van der Waals surface area contributed by atoms with Crippen LogP contribution >= 0.6 is 11.3 Å². The molecule has 0 aliphatic heterocycles. The van der Waals surface area contributed by atoms with Crippen molar-refractivity contribution in [1.82, 2.24) is 0 Å². The maximum absolute atomic E-state index is 12.3. The van der Waals surface area contributed by atoms with Crippen molar-refractivity contribution in [3.8, 4) is 0 Å². The number of thiophene rings is 1. The van der Waals surface area contributed by atoms with Crippen LogP contribution in [0.3, 0.4) is 0 Å². The van der Waals surface area contributed by atoms with Crippen LogP contribution in [-0.2, 0) is 17.6 Å². The van der Waals surface area contributed by atoms with E-state index in [4.69, 9.17) is 4.74 Å². The van der Waals surface area contributed by atoms with Crippen molar-refractivity contribution in [1.29, 1.82) is 0 Å². The molecule has 1 aromatic heterocycles. The number of esters is 1. The third-order valence-corrected chi connectivity index (χ3v) is 6.50. The second kappa shape index (κ2) is 8.17. The third-order valence-electron chi connectivity index (χ3n) is 5.28. The SMILES string of the molecule is CC[C@H](C)c1ccc(C(=O)COC(=O)c2cc3c(s2)CC[C@H](C)C3)cc1. The van der Waals surface area contributed by atoms with Crippen LogP contribution in [0.1, 0.15) is 75.6 Å². The summed E-state index contributed by atoms with van der Waals surface area (Å²) in [5.74, 6) is 0.594. The molecule has 1 aliphatic carbocycles. The van der Waals surface area contributed by atoms with E-state index in [2.05, 4.69) is 20.8 Å². The Labute approximate surface area is 159 Å². The van der Waals surface area contributed by atoms with E-state index in [1.165, 1.54) is 33.8 Å². The summed E-state index contributed by atoms with van der Waals surface area (Å²) in [6.45, 7) is 6.34. The van der Waals surface area contributed by atoms with Crippen LogP contribution in [0.5, 0.6) is 0 Å². The van der Waals surface area contributed by atoms with Gasteiger partial charge in [0.15, 0.2) is 12.4 Å². The number of carbonyl (C=O) groups is 2. The van der Waals surface area contributed by atoms with Crippen molar-refractivity contribution < 1.29 is 14.3 Å². The van der Waals surface area contributed by atoms with Crippen LogP contribution in [0.25, 0.3) is 0 Å². The molecule has 1 aromatic carbocycles. The quantitative estimate of drug-likeness (QED) is 0.503.